The number of benzene rings is 1. The second kappa shape index (κ2) is 5.43. The Balaban J connectivity index is 1.60. The summed E-state index contributed by atoms with van der Waals surface area (Å²) in [6, 6.07) is 15.9. The molecule has 2 aromatic heterocycles. The fourth-order valence-corrected chi connectivity index (χ4v) is 3.20. The maximum atomic E-state index is 12.8. The van der Waals surface area contributed by atoms with Crippen molar-refractivity contribution in [3.05, 3.63) is 66.1 Å². The van der Waals surface area contributed by atoms with E-state index in [0.717, 1.165) is 17.8 Å². The fraction of sp³-hybridized carbons (Fsp3) is 0.222. The van der Waals surface area contributed by atoms with Crippen molar-refractivity contribution in [2.24, 2.45) is 0 Å². The highest BCUT2D eigenvalue weighted by molar-refractivity contribution is 5.93. The van der Waals surface area contributed by atoms with Gasteiger partial charge in [-0.3, -0.25) is 9.89 Å². The molecule has 1 aliphatic rings. The van der Waals surface area contributed by atoms with Crippen molar-refractivity contribution in [1.29, 1.82) is 0 Å². The molecule has 116 valence electrons. The van der Waals surface area contributed by atoms with Gasteiger partial charge in [0.15, 0.2) is 0 Å². The number of amides is 1. The van der Waals surface area contributed by atoms with Crippen molar-refractivity contribution in [2.45, 2.75) is 19.5 Å². The summed E-state index contributed by atoms with van der Waals surface area (Å²) in [4.78, 5) is 14.7. The fourth-order valence-electron chi connectivity index (χ4n) is 3.20. The van der Waals surface area contributed by atoms with Crippen LogP contribution in [0.3, 0.4) is 0 Å². The Morgan fingerprint density at radius 2 is 2.00 bits per heavy atom. The van der Waals surface area contributed by atoms with Gasteiger partial charge in [-0.05, 0) is 25.1 Å². The summed E-state index contributed by atoms with van der Waals surface area (Å²) >= 11 is 0. The summed E-state index contributed by atoms with van der Waals surface area (Å²) in [5, 5.41) is 7.18. The van der Waals surface area contributed by atoms with Crippen molar-refractivity contribution in [3.8, 4) is 11.3 Å². The quantitative estimate of drug-likeness (QED) is 0.791. The topological polar surface area (TPSA) is 53.9 Å². The lowest BCUT2D eigenvalue weighted by molar-refractivity contribution is 0.0638. The Morgan fingerprint density at radius 1 is 1.17 bits per heavy atom. The highest BCUT2D eigenvalue weighted by Crippen LogP contribution is 2.27. The molecule has 1 amide bonds. The lowest BCUT2D eigenvalue weighted by Gasteiger charge is -2.34. The molecule has 0 unspecified atom stereocenters. The number of aromatic nitrogens is 3. The standard InChI is InChI=1S/C18H18N4O/c1-13-17-8-5-9-21(17)10-11-22(13)18(23)16-12-15(19-20-16)14-6-3-2-4-7-14/h2-9,12-13H,10-11H2,1H3,(H,19,20)/t13-/m0/s1. The number of carbonyl (C=O) groups excluding carboxylic acids is 1. The molecule has 3 aromatic rings. The molecule has 1 aliphatic heterocycles. The van der Waals surface area contributed by atoms with Gasteiger partial charge in [0.25, 0.3) is 5.91 Å². The van der Waals surface area contributed by atoms with E-state index in [1.165, 1.54) is 5.69 Å². The van der Waals surface area contributed by atoms with Crippen LogP contribution < -0.4 is 0 Å². The number of hydrogen-bond donors (Lipinski definition) is 1. The van der Waals surface area contributed by atoms with Crippen molar-refractivity contribution in [1.82, 2.24) is 19.7 Å². The van der Waals surface area contributed by atoms with E-state index in [0.29, 0.717) is 12.2 Å². The lowest BCUT2D eigenvalue weighted by atomic mass is 10.1. The first kappa shape index (κ1) is 13.8. The first-order valence-electron chi connectivity index (χ1n) is 7.81. The van der Waals surface area contributed by atoms with E-state index in [4.69, 9.17) is 0 Å². The van der Waals surface area contributed by atoms with Crippen LogP contribution >= 0.6 is 0 Å². The zero-order valence-electron chi connectivity index (χ0n) is 12.9. The van der Waals surface area contributed by atoms with E-state index in [-0.39, 0.29) is 11.9 Å². The molecular weight excluding hydrogens is 288 g/mol. The number of nitrogens with one attached hydrogen (secondary N) is 1. The molecule has 1 atom stereocenters. The zero-order valence-corrected chi connectivity index (χ0v) is 12.9. The van der Waals surface area contributed by atoms with Gasteiger partial charge in [0.1, 0.15) is 5.69 Å². The third-order valence-corrected chi connectivity index (χ3v) is 4.48. The van der Waals surface area contributed by atoms with Crippen LogP contribution in [-0.4, -0.2) is 32.1 Å². The van der Waals surface area contributed by atoms with E-state index < -0.39 is 0 Å². The number of fused-ring (bicyclic) bond motifs is 1. The van der Waals surface area contributed by atoms with E-state index >= 15 is 0 Å². The maximum absolute atomic E-state index is 12.8. The minimum atomic E-state index is -0.000342. The molecule has 0 fully saturated rings. The van der Waals surface area contributed by atoms with Crippen LogP contribution in [0.25, 0.3) is 11.3 Å². The number of carbonyl (C=O) groups is 1. The summed E-state index contributed by atoms with van der Waals surface area (Å²) in [7, 11) is 0. The molecule has 0 spiro atoms. The molecule has 0 bridgehead atoms. The number of rotatable bonds is 2. The SMILES string of the molecule is C[C@H]1c2cccn2CCN1C(=O)c1cc(-c2ccccc2)n[nH]1. The van der Waals surface area contributed by atoms with Gasteiger partial charge < -0.3 is 9.47 Å². The summed E-state index contributed by atoms with van der Waals surface area (Å²) in [5.74, 6) is -0.000342. The Kier molecular flexibility index (Phi) is 3.26. The second-order valence-electron chi connectivity index (χ2n) is 5.83. The van der Waals surface area contributed by atoms with Crippen molar-refractivity contribution in [3.63, 3.8) is 0 Å². The number of H-pyrrole nitrogens is 1. The third kappa shape index (κ3) is 2.34. The molecule has 23 heavy (non-hydrogen) atoms. The number of hydrogen-bond acceptors (Lipinski definition) is 2. The number of nitrogens with zero attached hydrogens (tertiary/aromatic N) is 3. The van der Waals surface area contributed by atoms with E-state index in [1.807, 2.05) is 47.4 Å². The zero-order chi connectivity index (χ0) is 15.8. The maximum Gasteiger partial charge on any atom is 0.272 e. The van der Waals surface area contributed by atoms with Gasteiger partial charge in [0.05, 0.1) is 11.7 Å². The van der Waals surface area contributed by atoms with Gasteiger partial charge in [-0.25, -0.2) is 0 Å². The van der Waals surface area contributed by atoms with Gasteiger partial charge in [-0.1, -0.05) is 30.3 Å². The predicted octanol–water partition coefficient (Wildman–Crippen LogP) is 3.10. The van der Waals surface area contributed by atoms with Gasteiger partial charge >= 0.3 is 0 Å². The van der Waals surface area contributed by atoms with Gasteiger partial charge in [0.2, 0.25) is 0 Å². The van der Waals surface area contributed by atoms with Gasteiger partial charge in [0, 0.05) is 30.5 Å². The lowest BCUT2D eigenvalue weighted by Crippen LogP contribution is -2.40. The summed E-state index contributed by atoms with van der Waals surface area (Å²) in [5.41, 5.74) is 3.51. The summed E-state index contributed by atoms with van der Waals surface area (Å²) < 4.78 is 2.21. The summed E-state index contributed by atoms with van der Waals surface area (Å²) in [6.07, 6.45) is 2.07. The van der Waals surface area contributed by atoms with Crippen molar-refractivity contribution in [2.75, 3.05) is 6.54 Å². The Bertz CT molecular complexity index is 834. The molecule has 0 saturated carbocycles. The van der Waals surface area contributed by atoms with Gasteiger partial charge in [-0.2, -0.15) is 5.10 Å². The second-order valence-corrected chi connectivity index (χ2v) is 5.83. The monoisotopic (exact) mass is 306 g/mol. The molecule has 4 rings (SSSR count). The molecular formula is C18H18N4O. The van der Waals surface area contributed by atoms with Crippen LogP contribution in [0, 0.1) is 0 Å². The molecule has 1 N–H and O–H groups in total. The average molecular weight is 306 g/mol. The minimum absolute atomic E-state index is 0.000342. The van der Waals surface area contributed by atoms with Gasteiger partial charge in [-0.15, -0.1) is 0 Å². The Morgan fingerprint density at radius 3 is 2.83 bits per heavy atom. The molecule has 5 heteroatoms. The van der Waals surface area contributed by atoms with Crippen molar-refractivity contribution < 1.29 is 4.79 Å². The smallest absolute Gasteiger partial charge is 0.272 e. The first-order valence-corrected chi connectivity index (χ1v) is 7.81. The van der Waals surface area contributed by atoms with Crippen LogP contribution in [0.1, 0.15) is 29.1 Å². The van der Waals surface area contributed by atoms with E-state index in [9.17, 15) is 4.79 Å². The number of aromatic amines is 1. The molecule has 0 radical (unpaired) electrons. The molecule has 0 saturated heterocycles. The van der Waals surface area contributed by atoms with Crippen LogP contribution in [0.2, 0.25) is 0 Å². The Labute approximate surface area is 134 Å². The molecule has 3 heterocycles. The highest BCUT2D eigenvalue weighted by atomic mass is 16.2. The van der Waals surface area contributed by atoms with Crippen LogP contribution in [0.15, 0.2) is 54.7 Å². The Hall–Kier alpha value is -2.82. The minimum Gasteiger partial charge on any atom is -0.348 e. The largest absolute Gasteiger partial charge is 0.348 e. The average Bonchev–Trinajstić information content (AvgIpc) is 3.25. The van der Waals surface area contributed by atoms with Crippen LogP contribution in [0.5, 0.6) is 0 Å². The molecule has 0 aliphatic carbocycles. The summed E-state index contributed by atoms with van der Waals surface area (Å²) in [6.45, 7) is 3.61. The molecule has 1 aromatic carbocycles. The third-order valence-electron chi connectivity index (χ3n) is 4.48. The van der Waals surface area contributed by atoms with Crippen LogP contribution in [-0.2, 0) is 6.54 Å². The van der Waals surface area contributed by atoms with E-state index in [2.05, 4.69) is 34.0 Å². The highest BCUT2D eigenvalue weighted by Gasteiger charge is 2.29. The van der Waals surface area contributed by atoms with Crippen molar-refractivity contribution >= 4 is 5.91 Å². The first-order chi connectivity index (χ1) is 11.2. The van der Waals surface area contributed by atoms with Crippen LogP contribution in [0.4, 0.5) is 0 Å². The van der Waals surface area contributed by atoms with E-state index in [1.54, 1.807) is 0 Å². The normalized spacial score (nSPS) is 17.1. The molecule has 5 nitrogen and oxygen atoms in total. The predicted molar refractivity (Wildman–Crippen MR) is 87.9 cm³/mol.